The van der Waals surface area contributed by atoms with E-state index >= 15 is 0 Å². The van der Waals surface area contributed by atoms with Crippen LogP contribution in [0.5, 0.6) is 0 Å². The second-order valence-electron chi connectivity index (χ2n) is 6.15. The quantitative estimate of drug-likeness (QED) is 0.844. The molecule has 1 aromatic carbocycles. The first-order chi connectivity index (χ1) is 9.40. The number of carbonyl (C=O) groups is 1. The summed E-state index contributed by atoms with van der Waals surface area (Å²) in [6, 6.07) is 6.05. The molecule has 0 aliphatic carbocycles. The standard InChI is InChI=1S/C16H25N3O/c1-11-7-8-19(12(2)9-11)15-10-13(5-6-14(15)17)16(20)18(3)4/h5-6,10-12H,7-9,17H2,1-4H3. The Labute approximate surface area is 121 Å². The van der Waals surface area contributed by atoms with Gasteiger partial charge in [0.2, 0.25) is 0 Å². The summed E-state index contributed by atoms with van der Waals surface area (Å²) in [6.07, 6.45) is 2.35. The molecule has 2 unspecified atom stereocenters. The number of amides is 1. The third kappa shape index (κ3) is 2.89. The fraction of sp³-hybridized carbons (Fsp3) is 0.562. The molecule has 1 amide bonds. The number of rotatable bonds is 2. The van der Waals surface area contributed by atoms with Crippen LogP contribution in [0, 0.1) is 5.92 Å². The van der Waals surface area contributed by atoms with Crippen LogP contribution >= 0.6 is 0 Å². The Bertz CT molecular complexity index is 498. The first kappa shape index (κ1) is 14.7. The predicted octanol–water partition coefficient (Wildman–Crippen LogP) is 2.60. The first-order valence-corrected chi connectivity index (χ1v) is 7.28. The third-order valence-electron chi connectivity index (χ3n) is 4.13. The number of anilines is 2. The van der Waals surface area contributed by atoms with Crippen LogP contribution in [0.15, 0.2) is 18.2 Å². The van der Waals surface area contributed by atoms with Gasteiger partial charge in [0.15, 0.2) is 0 Å². The van der Waals surface area contributed by atoms with E-state index in [0.717, 1.165) is 23.8 Å². The highest BCUT2D eigenvalue weighted by atomic mass is 16.2. The molecule has 4 nitrogen and oxygen atoms in total. The molecule has 0 bridgehead atoms. The molecule has 20 heavy (non-hydrogen) atoms. The van der Waals surface area contributed by atoms with Crippen molar-refractivity contribution in [3.63, 3.8) is 0 Å². The Balaban J connectivity index is 2.31. The Morgan fingerprint density at radius 1 is 1.35 bits per heavy atom. The summed E-state index contributed by atoms with van der Waals surface area (Å²) in [7, 11) is 3.53. The molecule has 1 heterocycles. The highest BCUT2D eigenvalue weighted by Crippen LogP contribution is 2.32. The Morgan fingerprint density at radius 3 is 2.65 bits per heavy atom. The number of carbonyl (C=O) groups excluding carboxylic acids is 1. The number of benzene rings is 1. The van der Waals surface area contributed by atoms with Gasteiger partial charge in [-0.25, -0.2) is 0 Å². The monoisotopic (exact) mass is 275 g/mol. The number of hydrogen-bond donors (Lipinski definition) is 1. The topological polar surface area (TPSA) is 49.6 Å². The minimum absolute atomic E-state index is 0.0179. The SMILES string of the molecule is CC1CCN(c2cc(C(=O)N(C)C)ccc2N)C(C)C1. The average molecular weight is 275 g/mol. The molecule has 2 N–H and O–H groups in total. The van der Waals surface area contributed by atoms with E-state index in [1.54, 1.807) is 25.1 Å². The number of nitrogen functional groups attached to an aromatic ring is 1. The molecule has 110 valence electrons. The van der Waals surface area contributed by atoms with Crippen molar-refractivity contribution < 1.29 is 4.79 Å². The number of hydrogen-bond acceptors (Lipinski definition) is 3. The van der Waals surface area contributed by atoms with Crippen molar-refractivity contribution in [3.8, 4) is 0 Å². The summed E-state index contributed by atoms with van der Waals surface area (Å²) < 4.78 is 0. The van der Waals surface area contributed by atoms with Crippen LogP contribution in [0.4, 0.5) is 11.4 Å². The lowest BCUT2D eigenvalue weighted by molar-refractivity contribution is 0.0827. The molecule has 0 radical (unpaired) electrons. The molecule has 0 saturated carbocycles. The highest BCUT2D eigenvalue weighted by Gasteiger charge is 2.25. The van der Waals surface area contributed by atoms with Gasteiger partial charge < -0.3 is 15.5 Å². The van der Waals surface area contributed by atoms with Crippen molar-refractivity contribution in [2.75, 3.05) is 31.3 Å². The van der Waals surface area contributed by atoms with Crippen molar-refractivity contribution in [3.05, 3.63) is 23.8 Å². The summed E-state index contributed by atoms with van der Waals surface area (Å²) in [4.78, 5) is 16.0. The predicted molar refractivity (Wildman–Crippen MR) is 84.1 cm³/mol. The van der Waals surface area contributed by atoms with Gasteiger partial charge in [-0.15, -0.1) is 0 Å². The molecule has 0 aromatic heterocycles. The van der Waals surface area contributed by atoms with Gasteiger partial charge in [-0.1, -0.05) is 6.92 Å². The normalized spacial score (nSPS) is 22.7. The van der Waals surface area contributed by atoms with Gasteiger partial charge in [-0.05, 0) is 43.9 Å². The first-order valence-electron chi connectivity index (χ1n) is 7.28. The summed E-state index contributed by atoms with van der Waals surface area (Å²) in [6.45, 7) is 5.53. The second kappa shape index (κ2) is 5.73. The van der Waals surface area contributed by atoms with Crippen molar-refractivity contribution in [1.82, 2.24) is 4.90 Å². The van der Waals surface area contributed by atoms with E-state index < -0.39 is 0 Å². The van der Waals surface area contributed by atoms with Crippen LogP contribution in [0.1, 0.15) is 37.0 Å². The second-order valence-corrected chi connectivity index (χ2v) is 6.15. The van der Waals surface area contributed by atoms with Crippen LogP contribution < -0.4 is 10.6 Å². The van der Waals surface area contributed by atoms with Gasteiger partial charge in [0.1, 0.15) is 0 Å². The number of nitrogens with zero attached hydrogens (tertiary/aromatic N) is 2. The molecule has 1 aliphatic heterocycles. The van der Waals surface area contributed by atoms with Crippen LogP contribution in [-0.4, -0.2) is 37.5 Å². The van der Waals surface area contributed by atoms with Gasteiger partial charge in [0, 0.05) is 32.2 Å². The Morgan fingerprint density at radius 2 is 2.05 bits per heavy atom. The summed E-state index contributed by atoms with van der Waals surface area (Å²) in [5.41, 5.74) is 8.57. The molecule has 2 atom stereocenters. The molecule has 2 rings (SSSR count). The van der Waals surface area contributed by atoms with Crippen molar-refractivity contribution in [2.45, 2.75) is 32.7 Å². The van der Waals surface area contributed by atoms with E-state index in [2.05, 4.69) is 18.7 Å². The van der Waals surface area contributed by atoms with Crippen molar-refractivity contribution >= 4 is 17.3 Å². The van der Waals surface area contributed by atoms with Crippen molar-refractivity contribution in [1.29, 1.82) is 0 Å². The Hall–Kier alpha value is -1.71. The molecule has 1 saturated heterocycles. The van der Waals surface area contributed by atoms with E-state index in [0.29, 0.717) is 11.6 Å². The maximum atomic E-state index is 12.1. The van der Waals surface area contributed by atoms with Crippen LogP contribution in [0.25, 0.3) is 0 Å². The van der Waals surface area contributed by atoms with E-state index in [-0.39, 0.29) is 5.91 Å². The van der Waals surface area contributed by atoms with Gasteiger partial charge in [0.25, 0.3) is 5.91 Å². The number of nitrogens with two attached hydrogens (primary N) is 1. The number of piperidine rings is 1. The van der Waals surface area contributed by atoms with Gasteiger partial charge in [-0.2, -0.15) is 0 Å². The molecule has 4 heteroatoms. The summed E-state index contributed by atoms with van der Waals surface area (Å²) in [5.74, 6) is 0.776. The van der Waals surface area contributed by atoms with E-state index in [9.17, 15) is 4.79 Å². The maximum absolute atomic E-state index is 12.1. The average Bonchev–Trinajstić information content (AvgIpc) is 2.39. The highest BCUT2D eigenvalue weighted by molar-refractivity contribution is 5.96. The lowest BCUT2D eigenvalue weighted by atomic mass is 9.92. The molecular weight excluding hydrogens is 250 g/mol. The van der Waals surface area contributed by atoms with Crippen LogP contribution in [0.3, 0.4) is 0 Å². The fourth-order valence-corrected chi connectivity index (χ4v) is 2.95. The molecule has 1 aliphatic rings. The van der Waals surface area contributed by atoms with Crippen molar-refractivity contribution in [2.24, 2.45) is 5.92 Å². The van der Waals surface area contributed by atoms with E-state index in [4.69, 9.17) is 5.73 Å². The minimum atomic E-state index is 0.0179. The minimum Gasteiger partial charge on any atom is -0.397 e. The Kier molecular flexibility index (Phi) is 4.21. The van der Waals surface area contributed by atoms with Gasteiger partial charge >= 0.3 is 0 Å². The van der Waals surface area contributed by atoms with Gasteiger partial charge in [0.05, 0.1) is 11.4 Å². The zero-order chi connectivity index (χ0) is 14.9. The van der Waals surface area contributed by atoms with Gasteiger partial charge in [-0.3, -0.25) is 4.79 Å². The lowest BCUT2D eigenvalue weighted by Crippen LogP contribution is -2.40. The lowest BCUT2D eigenvalue weighted by Gasteiger charge is -2.39. The zero-order valence-corrected chi connectivity index (χ0v) is 12.9. The largest absolute Gasteiger partial charge is 0.397 e. The molecular formula is C16H25N3O. The molecule has 1 fully saturated rings. The van der Waals surface area contributed by atoms with Crippen LogP contribution in [-0.2, 0) is 0 Å². The van der Waals surface area contributed by atoms with E-state index in [1.807, 2.05) is 12.1 Å². The molecule has 1 aromatic rings. The van der Waals surface area contributed by atoms with Crippen LogP contribution in [0.2, 0.25) is 0 Å². The third-order valence-corrected chi connectivity index (χ3v) is 4.13. The molecule has 0 spiro atoms. The fourth-order valence-electron chi connectivity index (χ4n) is 2.95. The smallest absolute Gasteiger partial charge is 0.253 e. The maximum Gasteiger partial charge on any atom is 0.253 e. The summed E-state index contributed by atoms with van der Waals surface area (Å²) in [5, 5.41) is 0. The zero-order valence-electron chi connectivity index (χ0n) is 12.9. The summed E-state index contributed by atoms with van der Waals surface area (Å²) >= 11 is 0. The van der Waals surface area contributed by atoms with E-state index in [1.165, 1.54) is 12.8 Å².